The van der Waals surface area contributed by atoms with Crippen LogP contribution < -0.4 is 10.6 Å². The lowest BCUT2D eigenvalue weighted by molar-refractivity contribution is 0.424. The average Bonchev–Trinajstić information content (AvgIpc) is 2.37. The summed E-state index contributed by atoms with van der Waals surface area (Å²) in [7, 11) is 8.11. The van der Waals surface area contributed by atoms with Crippen LogP contribution in [0.2, 0.25) is 0 Å². The summed E-state index contributed by atoms with van der Waals surface area (Å²) in [5, 5.41) is 15.8. The van der Waals surface area contributed by atoms with Crippen molar-refractivity contribution in [1.29, 1.82) is 5.26 Å². The summed E-state index contributed by atoms with van der Waals surface area (Å²) in [4.78, 5) is 8.72. The summed E-state index contributed by atoms with van der Waals surface area (Å²) in [6, 6.07) is 4.15. The number of nitrogens with zero attached hydrogens (tertiary/aromatic N) is 4. The predicted molar refractivity (Wildman–Crippen MR) is 87.8 cm³/mol. The maximum Gasteiger partial charge on any atom is 0.146 e. The molecule has 0 spiro atoms. The molecule has 1 heterocycles. The fraction of sp³-hybridized carbons (Fsp3) is 0.600. The molecule has 0 fully saturated rings. The number of nitrogens with one attached hydrogen (secondary N) is 2. The molecule has 0 saturated heterocycles. The Labute approximate surface area is 127 Å². The number of pyridine rings is 1. The molecule has 0 aromatic carbocycles. The lowest BCUT2D eigenvalue weighted by Crippen LogP contribution is -2.23. The molecular weight excluding hydrogens is 264 g/mol. The van der Waals surface area contributed by atoms with Crippen LogP contribution in [-0.4, -0.2) is 69.2 Å². The van der Waals surface area contributed by atoms with E-state index in [4.69, 9.17) is 0 Å². The monoisotopic (exact) mass is 290 g/mol. The molecule has 116 valence electrons. The van der Waals surface area contributed by atoms with Crippen LogP contribution in [0.3, 0.4) is 0 Å². The number of nitriles is 1. The Kier molecular flexibility index (Phi) is 6.92. The standard InChI is InChI=1S/C15H26N6/c1-12-10-14(17-6-8-20(2)3)19-15(13(12)11-16)18-7-9-21(4)5/h10H,6-9H2,1-5H3,(H2,17,18,19). The van der Waals surface area contributed by atoms with Crippen LogP contribution in [0.15, 0.2) is 6.07 Å². The Morgan fingerprint density at radius 2 is 1.67 bits per heavy atom. The molecule has 1 rings (SSSR count). The number of hydrogen-bond acceptors (Lipinski definition) is 6. The quantitative estimate of drug-likeness (QED) is 0.750. The first-order chi connectivity index (χ1) is 9.93. The first-order valence-electron chi connectivity index (χ1n) is 7.13. The summed E-state index contributed by atoms with van der Waals surface area (Å²) in [6.07, 6.45) is 0. The molecule has 0 aliphatic carbocycles. The van der Waals surface area contributed by atoms with E-state index < -0.39 is 0 Å². The number of hydrogen-bond donors (Lipinski definition) is 2. The van der Waals surface area contributed by atoms with Gasteiger partial charge in [-0.2, -0.15) is 5.26 Å². The molecule has 0 saturated carbocycles. The van der Waals surface area contributed by atoms with Gasteiger partial charge in [0.05, 0.1) is 5.56 Å². The predicted octanol–water partition coefficient (Wildman–Crippen LogP) is 1.21. The molecule has 0 unspecified atom stereocenters. The molecule has 1 aromatic rings. The zero-order chi connectivity index (χ0) is 15.8. The van der Waals surface area contributed by atoms with Crippen LogP contribution >= 0.6 is 0 Å². The maximum absolute atomic E-state index is 9.28. The van der Waals surface area contributed by atoms with E-state index in [0.29, 0.717) is 11.4 Å². The van der Waals surface area contributed by atoms with Crippen molar-refractivity contribution in [3.05, 3.63) is 17.2 Å². The minimum Gasteiger partial charge on any atom is -0.369 e. The molecule has 21 heavy (non-hydrogen) atoms. The molecule has 0 aliphatic heterocycles. The molecule has 6 heteroatoms. The van der Waals surface area contributed by atoms with E-state index in [9.17, 15) is 5.26 Å². The van der Waals surface area contributed by atoms with Gasteiger partial charge in [-0.15, -0.1) is 0 Å². The fourth-order valence-corrected chi connectivity index (χ4v) is 1.84. The molecule has 6 nitrogen and oxygen atoms in total. The van der Waals surface area contributed by atoms with Gasteiger partial charge in [-0.1, -0.05) is 0 Å². The van der Waals surface area contributed by atoms with Crippen LogP contribution in [0, 0.1) is 18.3 Å². The molecule has 0 bridgehead atoms. The van der Waals surface area contributed by atoms with Gasteiger partial charge < -0.3 is 20.4 Å². The van der Waals surface area contributed by atoms with Crippen LogP contribution in [0.4, 0.5) is 11.6 Å². The van der Waals surface area contributed by atoms with Gasteiger partial charge in [0.25, 0.3) is 0 Å². The minimum atomic E-state index is 0.618. The van der Waals surface area contributed by atoms with Gasteiger partial charge in [-0.05, 0) is 46.7 Å². The van der Waals surface area contributed by atoms with Crippen molar-refractivity contribution in [1.82, 2.24) is 14.8 Å². The third-order valence-electron chi connectivity index (χ3n) is 3.05. The van der Waals surface area contributed by atoms with Gasteiger partial charge in [0, 0.05) is 26.2 Å². The topological polar surface area (TPSA) is 67.2 Å². The van der Waals surface area contributed by atoms with Gasteiger partial charge in [0.1, 0.15) is 17.7 Å². The van der Waals surface area contributed by atoms with Gasteiger partial charge in [0.15, 0.2) is 0 Å². The molecular formula is C15H26N6. The van der Waals surface area contributed by atoms with E-state index in [0.717, 1.165) is 37.6 Å². The van der Waals surface area contributed by atoms with E-state index in [2.05, 4.69) is 31.5 Å². The zero-order valence-electron chi connectivity index (χ0n) is 13.7. The lowest BCUT2D eigenvalue weighted by Gasteiger charge is -2.15. The Bertz CT molecular complexity index is 490. The highest BCUT2D eigenvalue weighted by atomic mass is 15.1. The summed E-state index contributed by atoms with van der Waals surface area (Å²) < 4.78 is 0. The molecule has 0 atom stereocenters. The van der Waals surface area contributed by atoms with E-state index in [1.807, 2.05) is 41.2 Å². The van der Waals surface area contributed by atoms with Crippen LogP contribution in [0.1, 0.15) is 11.1 Å². The number of likely N-dealkylation sites (N-methyl/N-ethyl adjacent to an activating group) is 2. The first kappa shape index (κ1) is 17.2. The van der Waals surface area contributed by atoms with Crippen LogP contribution in [-0.2, 0) is 0 Å². The molecule has 0 radical (unpaired) electrons. The summed E-state index contributed by atoms with van der Waals surface area (Å²) >= 11 is 0. The van der Waals surface area contributed by atoms with Crippen molar-refractivity contribution >= 4 is 11.6 Å². The van der Waals surface area contributed by atoms with Crippen LogP contribution in [0.25, 0.3) is 0 Å². The SMILES string of the molecule is Cc1cc(NCCN(C)C)nc(NCCN(C)C)c1C#N. The van der Waals surface area contributed by atoms with Crippen molar-refractivity contribution in [2.24, 2.45) is 0 Å². The van der Waals surface area contributed by atoms with Crippen LogP contribution in [0.5, 0.6) is 0 Å². The van der Waals surface area contributed by atoms with Gasteiger partial charge in [-0.3, -0.25) is 0 Å². The van der Waals surface area contributed by atoms with Crippen molar-refractivity contribution in [2.45, 2.75) is 6.92 Å². The molecule has 1 aromatic heterocycles. The minimum absolute atomic E-state index is 0.618. The van der Waals surface area contributed by atoms with Crippen molar-refractivity contribution < 1.29 is 0 Å². The summed E-state index contributed by atoms with van der Waals surface area (Å²) in [6.45, 7) is 5.35. The summed E-state index contributed by atoms with van der Waals surface area (Å²) in [5.41, 5.74) is 1.55. The third kappa shape index (κ3) is 5.98. The van der Waals surface area contributed by atoms with Gasteiger partial charge >= 0.3 is 0 Å². The summed E-state index contributed by atoms with van der Waals surface area (Å²) in [5.74, 6) is 1.47. The highest BCUT2D eigenvalue weighted by Gasteiger charge is 2.09. The first-order valence-corrected chi connectivity index (χ1v) is 7.13. The number of aromatic nitrogens is 1. The van der Waals surface area contributed by atoms with E-state index in [-0.39, 0.29) is 0 Å². The average molecular weight is 290 g/mol. The van der Waals surface area contributed by atoms with E-state index >= 15 is 0 Å². The van der Waals surface area contributed by atoms with E-state index in [1.165, 1.54) is 0 Å². The molecule has 0 aliphatic rings. The number of anilines is 2. The van der Waals surface area contributed by atoms with Crippen molar-refractivity contribution in [3.63, 3.8) is 0 Å². The zero-order valence-corrected chi connectivity index (χ0v) is 13.7. The smallest absolute Gasteiger partial charge is 0.146 e. The highest BCUT2D eigenvalue weighted by Crippen LogP contribution is 2.20. The second-order valence-corrected chi connectivity index (χ2v) is 5.62. The number of aryl methyl sites for hydroxylation is 1. The Morgan fingerprint density at radius 1 is 1.10 bits per heavy atom. The second-order valence-electron chi connectivity index (χ2n) is 5.62. The Hall–Kier alpha value is -1.84. The van der Waals surface area contributed by atoms with Crippen molar-refractivity contribution in [3.8, 4) is 6.07 Å². The molecule has 2 N–H and O–H groups in total. The second kappa shape index (κ2) is 8.45. The lowest BCUT2D eigenvalue weighted by atomic mass is 10.1. The van der Waals surface area contributed by atoms with E-state index in [1.54, 1.807) is 0 Å². The fourth-order valence-electron chi connectivity index (χ4n) is 1.84. The van der Waals surface area contributed by atoms with Gasteiger partial charge in [-0.25, -0.2) is 4.98 Å². The number of rotatable bonds is 8. The highest BCUT2D eigenvalue weighted by molar-refractivity contribution is 5.60. The van der Waals surface area contributed by atoms with Gasteiger partial charge in [0.2, 0.25) is 0 Å². The Morgan fingerprint density at radius 3 is 2.19 bits per heavy atom. The molecule has 0 amide bonds. The maximum atomic E-state index is 9.28. The Balaban J connectivity index is 2.78. The normalized spacial score (nSPS) is 10.8. The third-order valence-corrected chi connectivity index (χ3v) is 3.05. The largest absolute Gasteiger partial charge is 0.369 e. The van der Waals surface area contributed by atoms with Crippen molar-refractivity contribution in [2.75, 3.05) is 65.0 Å².